The monoisotopic (exact) mass is 223 g/mol. The van der Waals surface area contributed by atoms with Crippen molar-refractivity contribution >= 4 is 0 Å². The topological polar surface area (TPSA) is 3.24 Å². The van der Waals surface area contributed by atoms with E-state index in [2.05, 4.69) is 39.5 Å². The maximum Gasteiger partial charge on any atom is 0.0127 e. The van der Waals surface area contributed by atoms with E-state index < -0.39 is 0 Å². The van der Waals surface area contributed by atoms with Gasteiger partial charge in [0.1, 0.15) is 0 Å². The van der Waals surface area contributed by atoms with Gasteiger partial charge in [-0.15, -0.1) is 0 Å². The van der Waals surface area contributed by atoms with Gasteiger partial charge < -0.3 is 0 Å². The van der Waals surface area contributed by atoms with Gasteiger partial charge in [0.25, 0.3) is 0 Å². The van der Waals surface area contributed by atoms with Crippen LogP contribution >= 0.6 is 0 Å². The molecule has 94 valence electrons. The zero-order chi connectivity index (χ0) is 11.9. The lowest BCUT2D eigenvalue weighted by molar-refractivity contribution is 0.0545. The third kappa shape index (κ3) is 2.16. The SMILES string of the molecule is CC(C)[C@H]1C[C@H]2[C@H](C)CC[C@@H](C(C)C)N2C1. The van der Waals surface area contributed by atoms with Crippen LogP contribution < -0.4 is 0 Å². The van der Waals surface area contributed by atoms with E-state index in [0.29, 0.717) is 0 Å². The van der Waals surface area contributed by atoms with E-state index in [1.807, 2.05) is 0 Å². The molecule has 2 heterocycles. The van der Waals surface area contributed by atoms with Gasteiger partial charge in [-0.1, -0.05) is 34.6 Å². The average Bonchev–Trinajstić information content (AvgIpc) is 2.62. The molecule has 2 rings (SSSR count). The summed E-state index contributed by atoms with van der Waals surface area (Å²) in [5.41, 5.74) is 0. The fourth-order valence-corrected chi connectivity index (χ4v) is 3.86. The van der Waals surface area contributed by atoms with Gasteiger partial charge in [-0.25, -0.2) is 0 Å². The molecule has 0 aromatic heterocycles. The molecule has 0 aromatic rings. The molecule has 0 N–H and O–H groups in total. The van der Waals surface area contributed by atoms with Gasteiger partial charge in [0.05, 0.1) is 0 Å². The molecule has 0 bridgehead atoms. The first-order valence-electron chi connectivity index (χ1n) is 7.26. The zero-order valence-electron chi connectivity index (χ0n) is 11.7. The van der Waals surface area contributed by atoms with Crippen LogP contribution in [0.3, 0.4) is 0 Å². The average molecular weight is 223 g/mol. The molecule has 2 saturated heterocycles. The lowest BCUT2D eigenvalue weighted by atomic mass is 9.82. The highest BCUT2D eigenvalue weighted by Gasteiger charge is 2.43. The van der Waals surface area contributed by atoms with Crippen molar-refractivity contribution < 1.29 is 0 Å². The second-order valence-corrected chi connectivity index (χ2v) is 6.87. The molecule has 0 spiro atoms. The van der Waals surface area contributed by atoms with Crippen molar-refractivity contribution in [1.29, 1.82) is 0 Å². The Morgan fingerprint density at radius 3 is 2.25 bits per heavy atom. The summed E-state index contributed by atoms with van der Waals surface area (Å²) in [7, 11) is 0. The van der Waals surface area contributed by atoms with Crippen LogP contribution in [0.2, 0.25) is 0 Å². The Bertz CT molecular complexity index is 234. The molecule has 1 heteroatoms. The van der Waals surface area contributed by atoms with Crippen molar-refractivity contribution in [1.82, 2.24) is 4.90 Å². The number of rotatable bonds is 2. The molecular weight excluding hydrogens is 194 g/mol. The summed E-state index contributed by atoms with van der Waals surface area (Å²) in [6.07, 6.45) is 4.34. The van der Waals surface area contributed by atoms with Crippen molar-refractivity contribution in [2.45, 2.75) is 66.0 Å². The summed E-state index contributed by atoms with van der Waals surface area (Å²) in [6.45, 7) is 13.4. The molecule has 0 aliphatic carbocycles. The van der Waals surface area contributed by atoms with Gasteiger partial charge in [0.2, 0.25) is 0 Å². The van der Waals surface area contributed by atoms with Crippen molar-refractivity contribution in [3.63, 3.8) is 0 Å². The molecule has 0 radical (unpaired) electrons. The third-order valence-corrected chi connectivity index (χ3v) is 5.13. The first kappa shape index (κ1) is 12.4. The van der Waals surface area contributed by atoms with E-state index in [1.54, 1.807) is 0 Å². The summed E-state index contributed by atoms with van der Waals surface area (Å²) in [5, 5.41) is 0. The minimum atomic E-state index is 0.834. The molecule has 0 saturated carbocycles. The number of hydrogen-bond donors (Lipinski definition) is 0. The van der Waals surface area contributed by atoms with E-state index in [-0.39, 0.29) is 0 Å². The van der Waals surface area contributed by atoms with Crippen LogP contribution in [0.25, 0.3) is 0 Å². The van der Waals surface area contributed by atoms with Gasteiger partial charge in [-0.3, -0.25) is 4.90 Å². The van der Waals surface area contributed by atoms with E-state index in [4.69, 9.17) is 0 Å². The van der Waals surface area contributed by atoms with Gasteiger partial charge in [0, 0.05) is 18.6 Å². The van der Waals surface area contributed by atoms with Crippen molar-refractivity contribution in [2.75, 3.05) is 6.54 Å². The van der Waals surface area contributed by atoms with E-state index in [9.17, 15) is 0 Å². The predicted molar refractivity (Wildman–Crippen MR) is 70.5 cm³/mol. The maximum absolute atomic E-state index is 2.86. The van der Waals surface area contributed by atoms with Crippen LogP contribution in [0.5, 0.6) is 0 Å². The molecule has 0 aromatic carbocycles. The molecule has 0 amide bonds. The Labute approximate surface area is 102 Å². The molecular formula is C15H29N. The van der Waals surface area contributed by atoms with Crippen molar-refractivity contribution in [3.05, 3.63) is 0 Å². The van der Waals surface area contributed by atoms with Crippen LogP contribution in [0.1, 0.15) is 53.9 Å². The minimum Gasteiger partial charge on any atom is -0.297 e. The Hall–Kier alpha value is -0.0400. The predicted octanol–water partition coefficient (Wildman–Crippen LogP) is 3.79. The molecule has 16 heavy (non-hydrogen) atoms. The summed E-state index contributed by atoms with van der Waals surface area (Å²) in [5.74, 6) is 3.58. The van der Waals surface area contributed by atoms with E-state index in [0.717, 1.165) is 35.8 Å². The Morgan fingerprint density at radius 1 is 1.00 bits per heavy atom. The fraction of sp³-hybridized carbons (Fsp3) is 1.00. The van der Waals surface area contributed by atoms with Crippen LogP contribution in [0.4, 0.5) is 0 Å². The Morgan fingerprint density at radius 2 is 1.69 bits per heavy atom. The second-order valence-electron chi connectivity index (χ2n) is 6.87. The number of hydrogen-bond acceptors (Lipinski definition) is 1. The highest BCUT2D eigenvalue weighted by Crippen LogP contribution is 2.41. The summed E-state index contributed by atoms with van der Waals surface area (Å²) >= 11 is 0. The lowest BCUT2D eigenvalue weighted by Gasteiger charge is -2.43. The molecule has 2 aliphatic heterocycles. The van der Waals surface area contributed by atoms with E-state index >= 15 is 0 Å². The second kappa shape index (κ2) is 4.68. The molecule has 4 atom stereocenters. The molecule has 1 nitrogen and oxygen atoms in total. The lowest BCUT2D eigenvalue weighted by Crippen LogP contribution is -2.48. The number of piperidine rings is 1. The van der Waals surface area contributed by atoms with Gasteiger partial charge in [-0.05, 0) is 42.9 Å². The zero-order valence-corrected chi connectivity index (χ0v) is 11.7. The standard InChI is InChI=1S/C15H29N/c1-10(2)13-8-15-12(5)6-7-14(11(3)4)16(15)9-13/h10-15H,6-9H2,1-5H3/t12-,13+,14+,15+/m1/s1. The fourth-order valence-electron chi connectivity index (χ4n) is 3.86. The third-order valence-electron chi connectivity index (χ3n) is 5.13. The minimum absolute atomic E-state index is 0.834. The highest BCUT2D eigenvalue weighted by molar-refractivity contribution is 4.97. The summed E-state index contributed by atoms with van der Waals surface area (Å²) in [6, 6.07) is 1.76. The van der Waals surface area contributed by atoms with Crippen molar-refractivity contribution in [3.8, 4) is 0 Å². The van der Waals surface area contributed by atoms with Crippen LogP contribution in [0, 0.1) is 23.7 Å². The molecule has 2 fully saturated rings. The Balaban J connectivity index is 2.10. The first-order valence-corrected chi connectivity index (χ1v) is 7.26. The quantitative estimate of drug-likeness (QED) is 0.688. The van der Waals surface area contributed by atoms with Gasteiger partial charge >= 0.3 is 0 Å². The first-order chi connectivity index (χ1) is 7.50. The maximum atomic E-state index is 2.86. The van der Waals surface area contributed by atoms with Crippen LogP contribution in [-0.2, 0) is 0 Å². The summed E-state index contributed by atoms with van der Waals surface area (Å²) in [4.78, 5) is 2.86. The van der Waals surface area contributed by atoms with Crippen molar-refractivity contribution in [2.24, 2.45) is 23.7 Å². The van der Waals surface area contributed by atoms with Gasteiger partial charge in [0.15, 0.2) is 0 Å². The van der Waals surface area contributed by atoms with Crippen LogP contribution in [0.15, 0.2) is 0 Å². The molecule has 2 aliphatic rings. The van der Waals surface area contributed by atoms with Crippen LogP contribution in [-0.4, -0.2) is 23.5 Å². The number of fused-ring (bicyclic) bond motifs is 1. The van der Waals surface area contributed by atoms with E-state index in [1.165, 1.54) is 25.8 Å². The number of nitrogens with zero attached hydrogens (tertiary/aromatic N) is 1. The normalized spacial score (nSPS) is 40.7. The Kier molecular flexibility index (Phi) is 3.63. The smallest absolute Gasteiger partial charge is 0.0127 e. The van der Waals surface area contributed by atoms with Gasteiger partial charge in [-0.2, -0.15) is 0 Å². The molecule has 0 unspecified atom stereocenters. The largest absolute Gasteiger partial charge is 0.297 e. The summed E-state index contributed by atoms with van der Waals surface area (Å²) < 4.78 is 0. The highest BCUT2D eigenvalue weighted by atomic mass is 15.2.